The molecule has 2 heteroatoms. The van der Waals surface area contributed by atoms with Gasteiger partial charge in [-0.05, 0) is 40.5 Å². The molecular formula is C11H26N2. The van der Waals surface area contributed by atoms with Gasteiger partial charge < -0.3 is 4.90 Å². The van der Waals surface area contributed by atoms with E-state index in [0.29, 0.717) is 12.1 Å². The summed E-state index contributed by atoms with van der Waals surface area (Å²) in [6.45, 7) is 11.4. The van der Waals surface area contributed by atoms with Crippen molar-refractivity contribution in [2.24, 2.45) is 0 Å². The quantitative estimate of drug-likeness (QED) is 0.626. The Morgan fingerprint density at radius 2 is 1.46 bits per heavy atom. The SMILES string of the molecule is CCC(C(C)N(C)C)N(CC)CC. The van der Waals surface area contributed by atoms with Crippen LogP contribution in [-0.4, -0.2) is 49.1 Å². The van der Waals surface area contributed by atoms with Gasteiger partial charge in [-0.15, -0.1) is 0 Å². The normalized spacial score (nSPS) is 16.6. The largest absolute Gasteiger partial charge is 0.305 e. The first kappa shape index (κ1) is 12.9. The first-order chi connectivity index (χ1) is 6.08. The lowest BCUT2D eigenvalue weighted by Crippen LogP contribution is -2.47. The van der Waals surface area contributed by atoms with Crippen molar-refractivity contribution in [3.8, 4) is 0 Å². The molecule has 0 aromatic carbocycles. The second kappa shape index (κ2) is 6.39. The van der Waals surface area contributed by atoms with Crippen LogP contribution < -0.4 is 0 Å². The summed E-state index contributed by atoms with van der Waals surface area (Å²) in [5, 5.41) is 0. The fourth-order valence-electron chi connectivity index (χ4n) is 1.94. The van der Waals surface area contributed by atoms with Gasteiger partial charge in [0.05, 0.1) is 0 Å². The van der Waals surface area contributed by atoms with Crippen molar-refractivity contribution in [3.63, 3.8) is 0 Å². The second-order valence-corrected chi connectivity index (χ2v) is 3.90. The van der Waals surface area contributed by atoms with Crippen molar-refractivity contribution in [1.82, 2.24) is 9.80 Å². The third kappa shape index (κ3) is 3.65. The van der Waals surface area contributed by atoms with E-state index in [1.165, 1.54) is 6.42 Å². The lowest BCUT2D eigenvalue weighted by atomic mass is 10.0. The number of hydrogen-bond acceptors (Lipinski definition) is 2. The van der Waals surface area contributed by atoms with Crippen molar-refractivity contribution in [2.45, 2.75) is 46.2 Å². The van der Waals surface area contributed by atoms with Crippen LogP contribution >= 0.6 is 0 Å². The van der Waals surface area contributed by atoms with Crippen LogP contribution in [0.3, 0.4) is 0 Å². The van der Waals surface area contributed by atoms with Gasteiger partial charge in [0.15, 0.2) is 0 Å². The molecule has 0 aromatic heterocycles. The molecule has 0 aliphatic heterocycles. The molecule has 0 amide bonds. The molecule has 0 heterocycles. The van der Waals surface area contributed by atoms with Crippen molar-refractivity contribution in [3.05, 3.63) is 0 Å². The van der Waals surface area contributed by atoms with E-state index in [-0.39, 0.29) is 0 Å². The summed E-state index contributed by atoms with van der Waals surface area (Å²) in [5.41, 5.74) is 0. The van der Waals surface area contributed by atoms with Crippen LogP contribution in [0.1, 0.15) is 34.1 Å². The minimum absolute atomic E-state index is 0.643. The summed E-state index contributed by atoms with van der Waals surface area (Å²) in [7, 11) is 4.33. The average Bonchev–Trinajstić information content (AvgIpc) is 2.12. The van der Waals surface area contributed by atoms with Gasteiger partial charge in [-0.3, -0.25) is 4.90 Å². The van der Waals surface area contributed by atoms with E-state index in [0.717, 1.165) is 13.1 Å². The topological polar surface area (TPSA) is 6.48 Å². The zero-order valence-electron chi connectivity index (χ0n) is 10.2. The van der Waals surface area contributed by atoms with Gasteiger partial charge in [0.1, 0.15) is 0 Å². The van der Waals surface area contributed by atoms with Crippen molar-refractivity contribution >= 4 is 0 Å². The Hall–Kier alpha value is -0.0800. The summed E-state index contributed by atoms with van der Waals surface area (Å²) in [6, 6.07) is 1.34. The van der Waals surface area contributed by atoms with Crippen LogP contribution in [0.25, 0.3) is 0 Å². The molecule has 13 heavy (non-hydrogen) atoms. The molecule has 0 aliphatic rings. The molecule has 2 atom stereocenters. The monoisotopic (exact) mass is 186 g/mol. The molecule has 0 saturated carbocycles. The zero-order chi connectivity index (χ0) is 10.4. The number of nitrogens with zero attached hydrogens (tertiary/aromatic N) is 2. The van der Waals surface area contributed by atoms with Gasteiger partial charge in [-0.25, -0.2) is 0 Å². The van der Waals surface area contributed by atoms with Gasteiger partial charge in [0.2, 0.25) is 0 Å². The molecular weight excluding hydrogens is 160 g/mol. The molecule has 0 fully saturated rings. The van der Waals surface area contributed by atoms with Gasteiger partial charge >= 0.3 is 0 Å². The molecule has 0 aromatic rings. The maximum Gasteiger partial charge on any atom is 0.0245 e. The molecule has 0 rings (SSSR count). The van der Waals surface area contributed by atoms with Crippen LogP contribution in [0.5, 0.6) is 0 Å². The Kier molecular flexibility index (Phi) is 6.35. The highest BCUT2D eigenvalue weighted by Gasteiger charge is 2.21. The average molecular weight is 186 g/mol. The Balaban J connectivity index is 4.29. The minimum Gasteiger partial charge on any atom is -0.305 e. The third-order valence-corrected chi connectivity index (χ3v) is 3.07. The lowest BCUT2D eigenvalue weighted by Gasteiger charge is -2.36. The van der Waals surface area contributed by atoms with Gasteiger partial charge in [-0.1, -0.05) is 20.8 Å². The molecule has 0 saturated heterocycles. The fourth-order valence-corrected chi connectivity index (χ4v) is 1.94. The molecule has 0 N–H and O–H groups in total. The van der Waals surface area contributed by atoms with Crippen LogP contribution in [0, 0.1) is 0 Å². The van der Waals surface area contributed by atoms with E-state index in [1.54, 1.807) is 0 Å². The predicted molar refractivity (Wildman–Crippen MR) is 60.1 cm³/mol. The van der Waals surface area contributed by atoms with Gasteiger partial charge in [0.25, 0.3) is 0 Å². The Bertz CT molecular complexity index is 117. The molecule has 0 bridgehead atoms. The smallest absolute Gasteiger partial charge is 0.0245 e. The molecule has 0 radical (unpaired) electrons. The minimum atomic E-state index is 0.643. The molecule has 0 aliphatic carbocycles. The highest BCUT2D eigenvalue weighted by Crippen LogP contribution is 2.11. The summed E-state index contributed by atoms with van der Waals surface area (Å²) in [4.78, 5) is 4.86. The van der Waals surface area contributed by atoms with Crippen LogP contribution in [0.2, 0.25) is 0 Å². The highest BCUT2D eigenvalue weighted by molar-refractivity contribution is 4.79. The first-order valence-electron chi connectivity index (χ1n) is 5.48. The van der Waals surface area contributed by atoms with E-state index >= 15 is 0 Å². The van der Waals surface area contributed by atoms with Gasteiger partial charge in [-0.2, -0.15) is 0 Å². The van der Waals surface area contributed by atoms with Gasteiger partial charge in [0, 0.05) is 12.1 Å². The van der Waals surface area contributed by atoms with Crippen LogP contribution in [0.15, 0.2) is 0 Å². The molecule has 2 unspecified atom stereocenters. The van der Waals surface area contributed by atoms with Crippen molar-refractivity contribution in [1.29, 1.82) is 0 Å². The highest BCUT2D eigenvalue weighted by atomic mass is 15.2. The fraction of sp³-hybridized carbons (Fsp3) is 1.00. The Morgan fingerprint density at radius 1 is 1.00 bits per heavy atom. The van der Waals surface area contributed by atoms with E-state index in [9.17, 15) is 0 Å². The van der Waals surface area contributed by atoms with E-state index in [4.69, 9.17) is 0 Å². The Morgan fingerprint density at radius 3 is 1.69 bits per heavy atom. The third-order valence-electron chi connectivity index (χ3n) is 3.07. The first-order valence-corrected chi connectivity index (χ1v) is 5.48. The maximum atomic E-state index is 2.55. The predicted octanol–water partition coefficient (Wildman–Crippen LogP) is 2.06. The molecule has 80 valence electrons. The lowest BCUT2D eigenvalue weighted by molar-refractivity contribution is 0.122. The van der Waals surface area contributed by atoms with Crippen molar-refractivity contribution in [2.75, 3.05) is 27.2 Å². The summed E-state index contributed by atoms with van der Waals surface area (Å²) < 4.78 is 0. The maximum absolute atomic E-state index is 2.55. The zero-order valence-corrected chi connectivity index (χ0v) is 10.2. The molecule has 2 nitrogen and oxygen atoms in total. The second-order valence-electron chi connectivity index (χ2n) is 3.90. The van der Waals surface area contributed by atoms with E-state index in [1.807, 2.05) is 0 Å². The summed E-state index contributed by atoms with van der Waals surface area (Å²) in [5.74, 6) is 0. The van der Waals surface area contributed by atoms with E-state index in [2.05, 4.69) is 51.6 Å². The summed E-state index contributed by atoms with van der Waals surface area (Å²) in [6.07, 6.45) is 1.24. The van der Waals surface area contributed by atoms with Crippen molar-refractivity contribution < 1.29 is 0 Å². The summed E-state index contributed by atoms with van der Waals surface area (Å²) >= 11 is 0. The molecule has 0 spiro atoms. The van der Waals surface area contributed by atoms with Crippen LogP contribution in [-0.2, 0) is 0 Å². The number of rotatable bonds is 6. The standard InChI is InChI=1S/C11H26N2/c1-7-11(10(4)12(5)6)13(8-2)9-3/h10-11H,7-9H2,1-6H3. The number of likely N-dealkylation sites (N-methyl/N-ethyl adjacent to an activating group) is 2. The number of hydrogen-bond donors (Lipinski definition) is 0. The van der Waals surface area contributed by atoms with Crippen LogP contribution in [0.4, 0.5) is 0 Å². The van der Waals surface area contributed by atoms with E-state index < -0.39 is 0 Å². The Labute approximate surface area is 83.9 Å².